The molecule has 3 N–H and O–H groups in total. The molecule has 49 heavy (non-hydrogen) atoms. The maximum absolute atomic E-state index is 12.1. The van der Waals surface area contributed by atoms with Crippen LogP contribution in [0.4, 0.5) is 34.9 Å². The Labute approximate surface area is 328 Å². The first-order valence-corrected chi connectivity index (χ1v) is 15.7. The number of nitrogens with one attached hydrogen (secondary N) is 3. The number of carbonyl (C=O) groups excluding carboxylic acids is 1. The first kappa shape index (κ1) is 38.4. The molecule has 14 nitrogen and oxygen atoms in total. The standard InChI is InChI=1S/C31H24N6O8S2.2Na/c1-43-28(38)22-3-2-4-23(15-22)32-29-35-30(33-24-9-5-20-16-26(46-45-44-39)11-7-18(20)13-24)37-31(36-29)34-25-10-6-21-17-27(47(40,41)42)12-8-19(21)14-25;;/h2-17,39H,1H3,(H,40,41,42)(H3,32,33,34,35,36,37);;/q;2*+1/p-2. The van der Waals surface area contributed by atoms with Gasteiger partial charge in [0.05, 0.1) is 29.6 Å². The van der Waals surface area contributed by atoms with Crippen LogP contribution in [-0.2, 0) is 24.2 Å². The van der Waals surface area contributed by atoms with Crippen molar-refractivity contribution in [2.45, 2.75) is 9.79 Å². The molecule has 6 aromatic rings. The van der Waals surface area contributed by atoms with Crippen LogP contribution in [0.1, 0.15) is 10.4 Å². The van der Waals surface area contributed by atoms with Gasteiger partial charge in [-0.2, -0.15) is 19.3 Å². The molecule has 5 aromatic carbocycles. The molecule has 0 unspecified atom stereocenters. The number of hydrogen-bond donors (Lipinski definition) is 3. The van der Waals surface area contributed by atoms with E-state index in [1.165, 1.54) is 19.2 Å². The van der Waals surface area contributed by atoms with Gasteiger partial charge in [-0.1, -0.05) is 30.3 Å². The summed E-state index contributed by atoms with van der Waals surface area (Å²) in [5, 5.41) is 26.0. The summed E-state index contributed by atoms with van der Waals surface area (Å²) in [6, 6.07) is 26.9. The average Bonchev–Trinajstić information content (AvgIpc) is 3.06. The molecule has 0 spiro atoms. The first-order valence-electron chi connectivity index (χ1n) is 13.6. The zero-order valence-corrected chi connectivity index (χ0v) is 31.8. The largest absolute Gasteiger partial charge is 1.00 e. The summed E-state index contributed by atoms with van der Waals surface area (Å²) in [4.78, 5) is 26.0. The quantitative estimate of drug-likeness (QED) is 0.0381. The molecule has 18 heteroatoms. The number of methoxy groups -OCH3 is 1. The molecule has 1 aromatic heterocycles. The number of carbonyl (C=O) groups is 1. The van der Waals surface area contributed by atoms with Crippen molar-refractivity contribution in [3.8, 4) is 0 Å². The fourth-order valence-corrected chi connectivity index (χ4v) is 5.55. The van der Waals surface area contributed by atoms with E-state index in [1.54, 1.807) is 54.6 Å². The van der Waals surface area contributed by atoms with E-state index in [4.69, 9.17) is 4.74 Å². The van der Waals surface area contributed by atoms with Crippen LogP contribution in [0.3, 0.4) is 0 Å². The number of hydrogen-bond acceptors (Lipinski definition) is 15. The molecule has 0 fully saturated rings. The minimum Gasteiger partial charge on any atom is -0.744 e. The van der Waals surface area contributed by atoms with Crippen molar-refractivity contribution >= 4 is 84.6 Å². The van der Waals surface area contributed by atoms with E-state index in [9.17, 15) is 23.0 Å². The normalized spacial score (nSPS) is 10.9. The predicted octanol–water partition coefficient (Wildman–Crippen LogP) is -0.662. The van der Waals surface area contributed by atoms with Gasteiger partial charge in [-0.25, -0.2) is 13.2 Å². The smallest absolute Gasteiger partial charge is 0.744 e. The average molecular weight is 717 g/mol. The molecular formula is C31H22N6Na2O8S2. The molecular weight excluding hydrogens is 694 g/mol. The molecule has 0 bridgehead atoms. The van der Waals surface area contributed by atoms with E-state index >= 15 is 0 Å². The molecule has 0 saturated heterocycles. The van der Waals surface area contributed by atoms with Crippen LogP contribution in [0.2, 0.25) is 0 Å². The van der Waals surface area contributed by atoms with Crippen LogP contribution in [-0.4, -0.2) is 41.0 Å². The topological polar surface area (TPSA) is 200 Å². The van der Waals surface area contributed by atoms with E-state index in [0.717, 1.165) is 22.8 Å². The molecule has 0 saturated carbocycles. The van der Waals surface area contributed by atoms with Gasteiger partial charge < -0.3 is 30.5 Å². The number of fused-ring (bicyclic) bond motifs is 2. The van der Waals surface area contributed by atoms with Gasteiger partial charge >= 0.3 is 65.1 Å². The van der Waals surface area contributed by atoms with Crippen LogP contribution in [0, 0.1) is 0 Å². The SMILES string of the molecule is COC(=O)c1cccc(Nc2nc(Nc3ccc4cc(SOO[O-])ccc4c3)nc(Nc3ccc4cc(S(=O)(=O)[O-])ccc4c3)n2)c1.[Na+].[Na+]. The van der Waals surface area contributed by atoms with Gasteiger partial charge in [-0.3, -0.25) is 5.04 Å². The van der Waals surface area contributed by atoms with Crippen LogP contribution in [0.15, 0.2) is 107 Å². The van der Waals surface area contributed by atoms with Gasteiger partial charge in [-0.05, 0) is 88.3 Å². The Morgan fingerprint density at radius 2 is 1.20 bits per heavy atom. The third kappa shape index (κ3) is 9.88. The van der Waals surface area contributed by atoms with Gasteiger partial charge in [-0.15, -0.1) is 0 Å². The summed E-state index contributed by atoms with van der Waals surface area (Å²) in [5.74, 6) is 0.00252. The maximum Gasteiger partial charge on any atom is 1.00 e. The Morgan fingerprint density at radius 1 is 0.694 bits per heavy atom. The van der Waals surface area contributed by atoms with Crippen molar-refractivity contribution in [3.05, 3.63) is 103 Å². The summed E-state index contributed by atoms with van der Waals surface area (Å²) >= 11 is 0.799. The van der Waals surface area contributed by atoms with E-state index < -0.39 is 16.1 Å². The number of anilines is 6. The number of nitrogens with zero attached hydrogens (tertiary/aromatic N) is 3. The van der Waals surface area contributed by atoms with E-state index in [-0.39, 0.29) is 81.9 Å². The van der Waals surface area contributed by atoms with Gasteiger partial charge in [0.15, 0.2) is 0 Å². The Morgan fingerprint density at radius 3 is 1.76 bits per heavy atom. The molecule has 1 heterocycles. The van der Waals surface area contributed by atoms with Gasteiger partial charge in [0.2, 0.25) is 17.8 Å². The predicted molar refractivity (Wildman–Crippen MR) is 171 cm³/mol. The molecule has 0 atom stereocenters. The van der Waals surface area contributed by atoms with Crippen molar-refractivity contribution in [1.29, 1.82) is 0 Å². The molecule has 0 aliphatic heterocycles. The third-order valence-electron chi connectivity index (χ3n) is 6.76. The number of aromatic nitrogens is 3. The number of rotatable bonds is 11. The van der Waals surface area contributed by atoms with E-state index in [0.29, 0.717) is 38.3 Å². The second kappa shape index (κ2) is 17.0. The monoisotopic (exact) mass is 716 g/mol. The fourth-order valence-electron chi connectivity index (χ4n) is 4.64. The molecule has 0 radical (unpaired) electrons. The summed E-state index contributed by atoms with van der Waals surface area (Å²) in [7, 11) is -3.30. The maximum atomic E-state index is 12.1. The number of benzene rings is 5. The van der Waals surface area contributed by atoms with Crippen LogP contribution in [0.5, 0.6) is 0 Å². The fraction of sp³-hybridized carbons (Fsp3) is 0.0323. The summed E-state index contributed by atoms with van der Waals surface area (Å²) < 4.78 is 43.6. The molecule has 238 valence electrons. The van der Waals surface area contributed by atoms with Crippen molar-refractivity contribution in [2.24, 2.45) is 0 Å². The number of ether oxygens (including phenoxy) is 1. The molecule has 0 aliphatic rings. The van der Waals surface area contributed by atoms with E-state index in [2.05, 4.69) is 40.3 Å². The van der Waals surface area contributed by atoms with Crippen molar-refractivity contribution in [2.75, 3.05) is 23.1 Å². The molecule has 0 aliphatic carbocycles. The number of esters is 1. The Balaban J connectivity index is 0.00000270. The minimum absolute atomic E-state index is 0. The van der Waals surface area contributed by atoms with Crippen molar-refractivity contribution in [1.82, 2.24) is 15.0 Å². The first-order chi connectivity index (χ1) is 22.7. The second-order valence-corrected chi connectivity index (χ2v) is 12.0. The van der Waals surface area contributed by atoms with Gasteiger partial charge in [0.25, 0.3) is 0 Å². The minimum atomic E-state index is -4.59. The Bertz CT molecular complexity index is 2250. The van der Waals surface area contributed by atoms with Gasteiger partial charge in [0.1, 0.15) is 10.1 Å². The summed E-state index contributed by atoms with van der Waals surface area (Å²) in [6.45, 7) is 0. The van der Waals surface area contributed by atoms with Crippen molar-refractivity contribution < 1.29 is 96.2 Å². The molecule has 0 amide bonds. The summed E-state index contributed by atoms with van der Waals surface area (Å²) in [5.41, 5.74) is 2.10. The zero-order chi connectivity index (χ0) is 33.0. The third-order valence-corrected chi connectivity index (χ3v) is 8.16. The summed E-state index contributed by atoms with van der Waals surface area (Å²) in [6.07, 6.45) is 0. The van der Waals surface area contributed by atoms with Crippen LogP contribution in [0.25, 0.3) is 21.5 Å². The Kier molecular flexibility index (Phi) is 13.4. The van der Waals surface area contributed by atoms with Crippen molar-refractivity contribution in [3.63, 3.8) is 0 Å². The second-order valence-electron chi connectivity index (χ2n) is 9.87. The Hall–Kier alpha value is -3.36. The van der Waals surface area contributed by atoms with E-state index in [1.807, 2.05) is 30.3 Å². The van der Waals surface area contributed by atoms with Gasteiger partial charge in [0, 0.05) is 22.0 Å². The van der Waals surface area contributed by atoms with Crippen LogP contribution >= 0.6 is 12.0 Å². The zero-order valence-electron chi connectivity index (χ0n) is 26.2. The molecule has 6 rings (SSSR count). The van der Waals surface area contributed by atoms with Crippen LogP contribution < -0.4 is 80.3 Å².